The summed E-state index contributed by atoms with van der Waals surface area (Å²) in [6.45, 7) is 1.61. The number of carbonyl (C=O) groups excluding carboxylic acids is 1. The van der Waals surface area contributed by atoms with Crippen molar-refractivity contribution in [2.45, 2.75) is 11.1 Å². The van der Waals surface area contributed by atoms with Crippen molar-refractivity contribution >= 4 is 44.6 Å². The summed E-state index contributed by atoms with van der Waals surface area (Å²) in [5.41, 5.74) is 6.22. The number of primary amides is 1. The summed E-state index contributed by atoms with van der Waals surface area (Å²) in [4.78, 5) is 14.9. The van der Waals surface area contributed by atoms with Crippen LogP contribution < -0.4 is 10.5 Å². The third-order valence-corrected chi connectivity index (χ3v) is 5.51. The molecule has 0 saturated heterocycles. The quantitative estimate of drug-likeness (QED) is 0.894. The van der Waals surface area contributed by atoms with E-state index in [0.29, 0.717) is 5.56 Å². The van der Waals surface area contributed by atoms with Crippen molar-refractivity contribution in [1.82, 2.24) is 4.98 Å². The van der Waals surface area contributed by atoms with E-state index in [-0.39, 0.29) is 19.9 Å². The van der Waals surface area contributed by atoms with Gasteiger partial charge in [-0.2, -0.15) is 0 Å². The van der Waals surface area contributed by atoms with Crippen LogP contribution in [0, 0.1) is 6.92 Å². The zero-order valence-electron chi connectivity index (χ0n) is 10.3. The molecule has 0 atom stereocenters. The number of anilines is 1. The Balaban J connectivity index is 2.40. The Kier molecular flexibility index (Phi) is 3.98. The first-order chi connectivity index (χ1) is 9.31. The summed E-state index contributed by atoms with van der Waals surface area (Å²) in [7, 11) is -3.79. The number of rotatable bonds is 4. The second kappa shape index (κ2) is 5.39. The highest BCUT2D eigenvalue weighted by Gasteiger charge is 2.19. The molecule has 0 fully saturated rings. The molecule has 0 bridgehead atoms. The van der Waals surface area contributed by atoms with E-state index in [1.165, 1.54) is 12.3 Å². The van der Waals surface area contributed by atoms with Gasteiger partial charge in [-0.1, -0.05) is 29.0 Å². The average Bonchev–Trinajstić information content (AvgIpc) is 2.79. The van der Waals surface area contributed by atoms with E-state index in [0.717, 1.165) is 11.3 Å². The molecule has 0 radical (unpaired) electrons. The Hall–Kier alpha value is -1.64. The van der Waals surface area contributed by atoms with Gasteiger partial charge in [-0.15, -0.1) is 0 Å². The van der Waals surface area contributed by atoms with E-state index in [4.69, 9.17) is 17.3 Å². The number of hydrogen-bond donors (Lipinski definition) is 2. The molecule has 6 nitrogen and oxygen atoms in total. The average molecular weight is 332 g/mol. The standard InChI is InChI=1S/C11H10ClN3O3S2/c1-6-7(10(13)16)3-2-4-8(6)15-20(17,18)9-5-14-11(12)19-9/h2-5,15H,1H3,(H2,13,16). The summed E-state index contributed by atoms with van der Waals surface area (Å²) in [6, 6.07) is 4.62. The number of hydrogen-bond acceptors (Lipinski definition) is 5. The summed E-state index contributed by atoms with van der Waals surface area (Å²) in [5.74, 6) is -0.621. The second-order valence-electron chi connectivity index (χ2n) is 3.88. The fraction of sp³-hybridized carbons (Fsp3) is 0.0909. The molecule has 3 N–H and O–H groups in total. The van der Waals surface area contributed by atoms with E-state index in [9.17, 15) is 13.2 Å². The molecule has 1 amide bonds. The van der Waals surface area contributed by atoms with Gasteiger partial charge in [-0.3, -0.25) is 9.52 Å². The number of carbonyl (C=O) groups is 1. The smallest absolute Gasteiger partial charge is 0.273 e. The van der Waals surface area contributed by atoms with Gasteiger partial charge in [0.25, 0.3) is 10.0 Å². The summed E-state index contributed by atoms with van der Waals surface area (Å²) < 4.78 is 26.8. The van der Waals surface area contributed by atoms with Crippen molar-refractivity contribution in [3.8, 4) is 0 Å². The van der Waals surface area contributed by atoms with Crippen molar-refractivity contribution in [3.05, 3.63) is 40.0 Å². The Labute approximate surface area is 124 Å². The maximum Gasteiger partial charge on any atom is 0.273 e. The molecule has 1 aromatic carbocycles. The van der Waals surface area contributed by atoms with E-state index in [1.54, 1.807) is 19.1 Å². The molecule has 106 valence electrons. The lowest BCUT2D eigenvalue weighted by atomic mass is 10.1. The molecule has 9 heteroatoms. The molecule has 2 aromatic rings. The number of sulfonamides is 1. The first kappa shape index (κ1) is 14.8. The largest absolute Gasteiger partial charge is 0.366 e. The molecule has 0 aliphatic rings. The van der Waals surface area contributed by atoms with Crippen LogP contribution in [-0.4, -0.2) is 19.3 Å². The monoisotopic (exact) mass is 331 g/mol. The van der Waals surface area contributed by atoms with Crippen LogP contribution in [0.15, 0.2) is 28.6 Å². The van der Waals surface area contributed by atoms with Gasteiger partial charge in [-0.25, -0.2) is 13.4 Å². The van der Waals surface area contributed by atoms with Crippen LogP contribution in [0.3, 0.4) is 0 Å². The van der Waals surface area contributed by atoms with Gasteiger partial charge in [-0.05, 0) is 24.6 Å². The van der Waals surface area contributed by atoms with Crippen molar-refractivity contribution < 1.29 is 13.2 Å². The van der Waals surface area contributed by atoms with Crippen LogP contribution in [-0.2, 0) is 10.0 Å². The lowest BCUT2D eigenvalue weighted by Gasteiger charge is -2.11. The van der Waals surface area contributed by atoms with E-state index < -0.39 is 15.9 Å². The highest BCUT2D eigenvalue weighted by atomic mass is 35.5. The van der Waals surface area contributed by atoms with Gasteiger partial charge >= 0.3 is 0 Å². The predicted octanol–water partition coefficient (Wildman–Crippen LogP) is 2.00. The fourth-order valence-corrected chi connectivity index (χ4v) is 3.99. The second-order valence-corrected chi connectivity index (χ2v) is 7.40. The van der Waals surface area contributed by atoms with Gasteiger partial charge < -0.3 is 5.73 Å². The molecule has 0 spiro atoms. The first-order valence-electron chi connectivity index (χ1n) is 5.35. The molecule has 2 rings (SSSR count). The third-order valence-electron chi connectivity index (χ3n) is 2.56. The number of amides is 1. The maximum atomic E-state index is 12.1. The minimum absolute atomic E-state index is 0.00798. The Morgan fingerprint density at radius 1 is 1.45 bits per heavy atom. The number of nitrogens with two attached hydrogens (primary N) is 1. The SMILES string of the molecule is Cc1c(NS(=O)(=O)c2cnc(Cl)s2)cccc1C(N)=O. The number of nitrogens with one attached hydrogen (secondary N) is 1. The lowest BCUT2D eigenvalue weighted by molar-refractivity contribution is 0.0999. The van der Waals surface area contributed by atoms with Crippen molar-refractivity contribution in [2.75, 3.05) is 4.72 Å². The maximum absolute atomic E-state index is 12.1. The number of nitrogens with zero attached hydrogens (tertiary/aromatic N) is 1. The van der Waals surface area contributed by atoms with Crippen molar-refractivity contribution in [2.24, 2.45) is 5.73 Å². The number of aromatic nitrogens is 1. The highest BCUT2D eigenvalue weighted by Crippen LogP contribution is 2.26. The molecule has 0 aliphatic heterocycles. The summed E-state index contributed by atoms with van der Waals surface area (Å²) >= 11 is 6.46. The van der Waals surface area contributed by atoms with Crippen LogP contribution in [0.5, 0.6) is 0 Å². The molecule has 1 aromatic heterocycles. The van der Waals surface area contributed by atoms with Crippen LogP contribution >= 0.6 is 22.9 Å². The Morgan fingerprint density at radius 3 is 2.70 bits per heavy atom. The lowest BCUT2D eigenvalue weighted by Crippen LogP contribution is -2.16. The molecule has 20 heavy (non-hydrogen) atoms. The van der Waals surface area contributed by atoms with Gasteiger partial charge in [0.2, 0.25) is 5.91 Å². The molecule has 0 unspecified atom stereocenters. The highest BCUT2D eigenvalue weighted by molar-refractivity contribution is 7.94. The zero-order valence-corrected chi connectivity index (χ0v) is 12.6. The minimum atomic E-state index is -3.79. The minimum Gasteiger partial charge on any atom is -0.366 e. The van der Waals surface area contributed by atoms with Crippen LogP contribution in [0.2, 0.25) is 4.47 Å². The van der Waals surface area contributed by atoms with E-state index >= 15 is 0 Å². The van der Waals surface area contributed by atoms with Crippen molar-refractivity contribution in [3.63, 3.8) is 0 Å². The van der Waals surface area contributed by atoms with Crippen LogP contribution in [0.4, 0.5) is 5.69 Å². The number of halogens is 1. The van der Waals surface area contributed by atoms with Gasteiger partial charge in [0.05, 0.1) is 11.9 Å². The fourth-order valence-electron chi connectivity index (χ4n) is 1.57. The Morgan fingerprint density at radius 2 is 2.15 bits per heavy atom. The van der Waals surface area contributed by atoms with Crippen LogP contribution in [0.1, 0.15) is 15.9 Å². The molecular formula is C11H10ClN3O3S2. The molecule has 1 heterocycles. The van der Waals surface area contributed by atoms with Crippen molar-refractivity contribution in [1.29, 1.82) is 0 Å². The number of thiazole rings is 1. The molecule has 0 saturated carbocycles. The topological polar surface area (TPSA) is 102 Å². The van der Waals surface area contributed by atoms with E-state index in [1.807, 2.05) is 0 Å². The number of benzene rings is 1. The third kappa shape index (κ3) is 2.92. The summed E-state index contributed by atoms with van der Waals surface area (Å²) in [6.07, 6.45) is 1.17. The molecule has 0 aliphatic carbocycles. The predicted molar refractivity (Wildman–Crippen MR) is 77.6 cm³/mol. The van der Waals surface area contributed by atoms with Gasteiger partial charge in [0.15, 0.2) is 8.68 Å². The van der Waals surface area contributed by atoms with Gasteiger partial charge in [0.1, 0.15) is 0 Å². The normalized spacial score (nSPS) is 11.3. The molecular weight excluding hydrogens is 322 g/mol. The van der Waals surface area contributed by atoms with E-state index in [2.05, 4.69) is 9.71 Å². The first-order valence-corrected chi connectivity index (χ1v) is 8.02. The van der Waals surface area contributed by atoms with Gasteiger partial charge in [0, 0.05) is 5.56 Å². The summed E-state index contributed by atoms with van der Waals surface area (Å²) in [5, 5.41) is 0. The zero-order chi connectivity index (χ0) is 14.9. The Bertz CT molecular complexity index is 771. The van der Waals surface area contributed by atoms with Crippen LogP contribution in [0.25, 0.3) is 0 Å².